The smallest absolute Gasteiger partial charge is 0.0991 e. The lowest BCUT2D eigenvalue weighted by atomic mass is 9.91. The van der Waals surface area contributed by atoms with Gasteiger partial charge in [0, 0.05) is 5.92 Å². The van der Waals surface area contributed by atoms with E-state index in [1.807, 2.05) is 18.2 Å². The topological polar surface area (TPSA) is 23.8 Å². The molecule has 1 saturated carbocycles. The van der Waals surface area contributed by atoms with Gasteiger partial charge in [-0.25, -0.2) is 0 Å². The molecule has 1 heteroatoms. The molecule has 0 spiro atoms. The number of rotatable bonds is 3. The molecule has 0 aliphatic heterocycles. The predicted octanol–water partition coefficient (Wildman–Crippen LogP) is 3.54. The molecule has 1 aromatic carbocycles. The molecule has 0 heterocycles. The molecule has 1 unspecified atom stereocenters. The largest absolute Gasteiger partial charge is 0.192 e. The normalized spacial score (nSPS) is 16.8. The van der Waals surface area contributed by atoms with E-state index in [1.54, 1.807) is 0 Å². The number of benzene rings is 1. The van der Waals surface area contributed by atoms with Crippen LogP contribution in [0, 0.1) is 18.3 Å². The number of allylic oxidation sites excluding steroid dienone is 1. The molecule has 0 aromatic heterocycles. The molecule has 1 atom stereocenters. The molecule has 75 valence electrons. The van der Waals surface area contributed by atoms with E-state index in [4.69, 9.17) is 5.26 Å². The molecule has 1 nitrogen and oxygen atoms in total. The van der Waals surface area contributed by atoms with Crippen molar-refractivity contribution >= 4 is 0 Å². The van der Waals surface area contributed by atoms with Crippen molar-refractivity contribution in [1.82, 2.24) is 0 Å². The molecule has 1 fully saturated rings. The molecule has 1 radical (unpaired) electrons. The van der Waals surface area contributed by atoms with E-state index in [9.17, 15) is 0 Å². The molecule has 1 aromatic rings. The van der Waals surface area contributed by atoms with Gasteiger partial charge >= 0.3 is 0 Å². The van der Waals surface area contributed by atoms with Crippen LogP contribution < -0.4 is 0 Å². The zero-order chi connectivity index (χ0) is 10.8. The van der Waals surface area contributed by atoms with E-state index in [1.165, 1.54) is 24.0 Å². The van der Waals surface area contributed by atoms with Crippen molar-refractivity contribution in [3.63, 3.8) is 0 Å². The molecule has 2 rings (SSSR count). The van der Waals surface area contributed by atoms with Crippen LogP contribution in [-0.2, 0) is 0 Å². The van der Waals surface area contributed by atoms with Crippen molar-refractivity contribution < 1.29 is 0 Å². The van der Waals surface area contributed by atoms with Crippen LogP contribution in [0.3, 0.4) is 0 Å². The molecule has 0 bridgehead atoms. The highest BCUT2D eigenvalue weighted by molar-refractivity contribution is 5.44. The third kappa shape index (κ3) is 1.94. The number of nitrogens with zero attached hydrogens (tertiary/aromatic N) is 1. The van der Waals surface area contributed by atoms with Crippen molar-refractivity contribution in [3.05, 3.63) is 54.5 Å². The van der Waals surface area contributed by atoms with Gasteiger partial charge in [-0.3, -0.25) is 0 Å². The molecule has 1 aliphatic rings. The molecule has 0 saturated heterocycles. The molecule has 15 heavy (non-hydrogen) atoms. The first-order chi connectivity index (χ1) is 7.26. The Morgan fingerprint density at radius 1 is 1.47 bits per heavy atom. The Hall–Kier alpha value is -1.55. The standard InChI is InChI=1S/C14H14N/c1-3-10(2)14-8-11(9-15)4-7-13(14)12-5-6-12/h3-4,7-8,10,12H,1-2,5-6H2. The van der Waals surface area contributed by atoms with E-state index in [0.717, 1.165) is 0 Å². The van der Waals surface area contributed by atoms with E-state index < -0.39 is 0 Å². The van der Waals surface area contributed by atoms with Crippen LogP contribution in [0.5, 0.6) is 0 Å². The Kier molecular flexibility index (Phi) is 2.60. The third-order valence-electron chi connectivity index (χ3n) is 2.92. The Bertz CT molecular complexity index is 421. The SMILES string of the molecule is [CH2]C(C=C)c1cc(C#N)ccc1C1CC1. The van der Waals surface area contributed by atoms with Crippen molar-refractivity contribution in [3.8, 4) is 6.07 Å². The quantitative estimate of drug-likeness (QED) is 0.678. The highest BCUT2D eigenvalue weighted by Gasteiger charge is 2.26. The fourth-order valence-electron chi connectivity index (χ4n) is 1.86. The Morgan fingerprint density at radius 2 is 2.20 bits per heavy atom. The summed E-state index contributed by atoms with van der Waals surface area (Å²) in [6.07, 6.45) is 4.37. The number of hydrogen-bond acceptors (Lipinski definition) is 1. The minimum absolute atomic E-state index is 0.0916. The summed E-state index contributed by atoms with van der Waals surface area (Å²) >= 11 is 0. The van der Waals surface area contributed by atoms with Crippen molar-refractivity contribution in [2.75, 3.05) is 0 Å². The van der Waals surface area contributed by atoms with Gasteiger partial charge < -0.3 is 0 Å². The van der Waals surface area contributed by atoms with E-state index in [2.05, 4.69) is 25.6 Å². The van der Waals surface area contributed by atoms with Crippen LogP contribution in [0.1, 0.15) is 41.4 Å². The van der Waals surface area contributed by atoms with Crippen LogP contribution in [0.25, 0.3) is 0 Å². The maximum absolute atomic E-state index is 8.87. The first-order valence-corrected chi connectivity index (χ1v) is 5.26. The molecular weight excluding hydrogens is 182 g/mol. The Morgan fingerprint density at radius 3 is 2.73 bits per heavy atom. The van der Waals surface area contributed by atoms with Gasteiger partial charge in [-0.1, -0.05) is 12.1 Å². The summed E-state index contributed by atoms with van der Waals surface area (Å²) in [6.45, 7) is 7.81. The summed E-state index contributed by atoms with van der Waals surface area (Å²) < 4.78 is 0. The highest BCUT2D eigenvalue weighted by Crippen LogP contribution is 2.43. The van der Waals surface area contributed by atoms with Gasteiger partial charge in [0.1, 0.15) is 0 Å². The maximum atomic E-state index is 8.87. The minimum Gasteiger partial charge on any atom is -0.192 e. The first-order valence-electron chi connectivity index (χ1n) is 5.26. The Balaban J connectivity index is 2.45. The second-order valence-electron chi connectivity index (χ2n) is 4.07. The third-order valence-corrected chi connectivity index (χ3v) is 2.92. The average Bonchev–Trinajstić information content (AvgIpc) is 3.11. The van der Waals surface area contributed by atoms with Gasteiger partial charge in [-0.2, -0.15) is 5.26 Å². The average molecular weight is 196 g/mol. The summed E-state index contributed by atoms with van der Waals surface area (Å²) in [7, 11) is 0. The lowest BCUT2D eigenvalue weighted by molar-refractivity contribution is 0.997. The fourth-order valence-corrected chi connectivity index (χ4v) is 1.86. The van der Waals surface area contributed by atoms with Crippen molar-refractivity contribution in [2.45, 2.75) is 24.7 Å². The van der Waals surface area contributed by atoms with Crippen LogP contribution in [0.15, 0.2) is 30.9 Å². The van der Waals surface area contributed by atoms with Crippen LogP contribution in [-0.4, -0.2) is 0 Å². The van der Waals surface area contributed by atoms with Gasteiger partial charge in [0.25, 0.3) is 0 Å². The molecule has 0 N–H and O–H groups in total. The zero-order valence-electron chi connectivity index (χ0n) is 8.74. The predicted molar refractivity (Wildman–Crippen MR) is 61.4 cm³/mol. The van der Waals surface area contributed by atoms with Gasteiger partial charge in [0.05, 0.1) is 11.6 Å². The van der Waals surface area contributed by atoms with Crippen molar-refractivity contribution in [2.24, 2.45) is 0 Å². The first kappa shape index (κ1) is 9.98. The maximum Gasteiger partial charge on any atom is 0.0991 e. The summed E-state index contributed by atoms with van der Waals surface area (Å²) in [5.41, 5.74) is 3.24. The monoisotopic (exact) mass is 196 g/mol. The van der Waals surface area contributed by atoms with Gasteiger partial charge in [-0.15, -0.1) is 6.58 Å². The fraction of sp³-hybridized carbons (Fsp3) is 0.286. The van der Waals surface area contributed by atoms with Crippen LogP contribution in [0.2, 0.25) is 0 Å². The second kappa shape index (κ2) is 3.90. The lowest BCUT2D eigenvalue weighted by Gasteiger charge is -2.12. The van der Waals surface area contributed by atoms with E-state index in [0.29, 0.717) is 11.5 Å². The Labute approximate surface area is 91.0 Å². The summed E-state index contributed by atoms with van der Waals surface area (Å²) in [4.78, 5) is 0. The molecule has 1 aliphatic carbocycles. The van der Waals surface area contributed by atoms with Gasteiger partial charge in [0.15, 0.2) is 0 Å². The van der Waals surface area contributed by atoms with E-state index in [-0.39, 0.29) is 5.92 Å². The number of hydrogen-bond donors (Lipinski definition) is 0. The molecule has 0 amide bonds. The zero-order valence-corrected chi connectivity index (χ0v) is 8.74. The van der Waals surface area contributed by atoms with Crippen LogP contribution in [0.4, 0.5) is 0 Å². The molecular formula is C14H14N. The second-order valence-corrected chi connectivity index (χ2v) is 4.07. The summed E-state index contributed by atoms with van der Waals surface area (Å²) in [6, 6.07) is 8.09. The van der Waals surface area contributed by atoms with Crippen LogP contribution >= 0.6 is 0 Å². The highest BCUT2D eigenvalue weighted by atomic mass is 14.3. The number of nitriles is 1. The summed E-state index contributed by atoms with van der Waals surface area (Å²) in [5.74, 6) is 0.783. The summed E-state index contributed by atoms with van der Waals surface area (Å²) in [5, 5.41) is 8.87. The van der Waals surface area contributed by atoms with E-state index >= 15 is 0 Å². The lowest BCUT2D eigenvalue weighted by Crippen LogP contribution is -1.97. The van der Waals surface area contributed by atoms with Gasteiger partial charge in [0.2, 0.25) is 0 Å². The van der Waals surface area contributed by atoms with Crippen molar-refractivity contribution in [1.29, 1.82) is 5.26 Å². The minimum atomic E-state index is 0.0916. The van der Waals surface area contributed by atoms with Gasteiger partial charge in [-0.05, 0) is 48.9 Å².